The lowest BCUT2D eigenvalue weighted by Crippen LogP contribution is -2.39. The standard InChI is InChI=1S/C19H24N4O3/c24-19(23-10-2-1-5-17(23)18-20-13-21-22-18)14-6-8-15(9-7-14)26-12-16-4-3-11-25-16/h6-9,13,16-17H,1-5,10-12H2,(H,20,21,22). The van der Waals surface area contributed by atoms with E-state index in [1.165, 1.54) is 6.33 Å². The lowest BCUT2D eigenvalue weighted by Gasteiger charge is -2.34. The van der Waals surface area contributed by atoms with Gasteiger partial charge in [-0.15, -0.1) is 0 Å². The Labute approximate surface area is 152 Å². The summed E-state index contributed by atoms with van der Waals surface area (Å²) in [7, 11) is 0. The van der Waals surface area contributed by atoms with Crippen LogP contribution in [0.5, 0.6) is 5.75 Å². The first-order valence-corrected chi connectivity index (χ1v) is 9.32. The molecule has 138 valence electrons. The summed E-state index contributed by atoms with van der Waals surface area (Å²) in [6, 6.07) is 7.35. The van der Waals surface area contributed by atoms with Gasteiger partial charge in [0.1, 0.15) is 24.5 Å². The van der Waals surface area contributed by atoms with Crippen molar-refractivity contribution in [3.63, 3.8) is 0 Å². The molecule has 0 aliphatic carbocycles. The monoisotopic (exact) mass is 356 g/mol. The van der Waals surface area contributed by atoms with E-state index < -0.39 is 0 Å². The normalized spacial score (nSPS) is 23.2. The molecule has 2 saturated heterocycles. The minimum Gasteiger partial charge on any atom is -0.491 e. The lowest BCUT2D eigenvalue weighted by atomic mass is 10.00. The number of likely N-dealkylation sites (tertiary alicyclic amines) is 1. The Morgan fingerprint density at radius 2 is 2.12 bits per heavy atom. The molecule has 0 bridgehead atoms. The Kier molecular flexibility index (Phi) is 5.15. The zero-order valence-corrected chi connectivity index (χ0v) is 14.8. The van der Waals surface area contributed by atoms with Crippen molar-refractivity contribution in [2.24, 2.45) is 0 Å². The number of nitrogens with zero attached hydrogens (tertiary/aromatic N) is 3. The van der Waals surface area contributed by atoms with Gasteiger partial charge in [0.05, 0.1) is 12.1 Å². The second-order valence-electron chi connectivity index (χ2n) is 6.85. The fourth-order valence-corrected chi connectivity index (χ4v) is 3.66. The van der Waals surface area contributed by atoms with E-state index in [1.807, 2.05) is 29.2 Å². The Balaban J connectivity index is 1.41. The van der Waals surface area contributed by atoms with Gasteiger partial charge in [0.25, 0.3) is 5.91 Å². The van der Waals surface area contributed by atoms with Gasteiger partial charge in [0.15, 0.2) is 0 Å². The van der Waals surface area contributed by atoms with E-state index in [4.69, 9.17) is 9.47 Å². The largest absolute Gasteiger partial charge is 0.491 e. The van der Waals surface area contributed by atoms with Gasteiger partial charge in [-0.1, -0.05) is 0 Å². The van der Waals surface area contributed by atoms with Crippen LogP contribution in [0.1, 0.15) is 54.3 Å². The van der Waals surface area contributed by atoms with Crippen LogP contribution in [0.25, 0.3) is 0 Å². The number of amides is 1. The Morgan fingerprint density at radius 1 is 1.23 bits per heavy atom. The molecule has 2 aromatic rings. The third-order valence-electron chi connectivity index (χ3n) is 5.07. The maximum atomic E-state index is 13.0. The van der Waals surface area contributed by atoms with E-state index in [1.54, 1.807) is 0 Å². The molecule has 2 atom stereocenters. The quantitative estimate of drug-likeness (QED) is 0.891. The van der Waals surface area contributed by atoms with Crippen molar-refractivity contribution in [1.29, 1.82) is 0 Å². The number of piperidine rings is 1. The molecule has 1 aromatic carbocycles. The van der Waals surface area contributed by atoms with E-state index in [0.717, 1.165) is 56.8 Å². The van der Waals surface area contributed by atoms with Crippen LogP contribution in [-0.4, -0.2) is 51.9 Å². The minimum absolute atomic E-state index is 0.0248. The van der Waals surface area contributed by atoms with Gasteiger partial charge in [-0.2, -0.15) is 5.10 Å². The Bertz CT molecular complexity index is 711. The molecule has 1 amide bonds. The van der Waals surface area contributed by atoms with Crippen LogP contribution in [0.15, 0.2) is 30.6 Å². The number of aromatic nitrogens is 3. The second-order valence-corrected chi connectivity index (χ2v) is 6.85. The maximum absolute atomic E-state index is 13.0. The van der Waals surface area contributed by atoms with Crippen LogP contribution in [0, 0.1) is 0 Å². The van der Waals surface area contributed by atoms with Crippen molar-refractivity contribution < 1.29 is 14.3 Å². The van der Waals surface area contributed by atoms with Crippen molar-refractivity contribution >= 4 is 5.91 Å². The SMILES string of the molecule is O=C(c1ccc(OCC2CCCO2)cc1)N1CCCCC1c1ncn[nH]1. The first kappa shape index (κ1) is 17.0. The molecule has 0 spiro atoms. The zero-order chi connectivity index (χ0) is 17.8. The highest BCUT2D eigenvalue weighted by Crippen LogP contribution is 2.30. The first-order valence-electron chi connectivity index (χ1n) is 9.32. The minimum atomic E-state index is -0.0332. The average Bonchev–Trinajstić information content (AvgIpc) is 3.40. The van der Waals surface area contributed by atoms with Crippen LogP contribution in [0.2, 0.25) is 0 Å². The summed E-state index contributed by atoms with van der Waals surface area (Å²) in [5, 5.41) is 6.84. The summed E-state index contributed by atoms with van der Waals surface area (Å²) in [4.78, 5) is 19.1. The van der Waals surface area contributed by atoms with Crippen molar-refractivity contribution in [3.05, 3.63) is 42.0 Å². The molecule has 0 radical (unpaired) electrons. The van der Waals surface area contributed by atoms with Gasteiger partial charge in [-0.25, -0.2) is 4.98 Å². The molecule has 7 heteroatoms. The fraction of sp³-hybridized carbons (Fsp3) is 0.526. The number of carbonyl (C=O) groups excluding carboxylic acids is 1. The number of aromatic amines is 1. The topological polar surface area (TPSA) is 80.3 Å². The van der Waals surface area contributed by atoms with E-state index in [-0.39, 0.29) is 18.1 Å². The molecule has 7 nitrogen and oxygen atoms in total. The number of ether oxygens (including phenoxy) is 2. The van der Waals surface area contributed by atoms with Crippen LogP contribution in [0.3, 0.4) is 0 Å². The molecule has 2 unspecified atom stereocenters. The molecule has 2 aliphatic heterocycles. The van der Waals surface area contributed by atoms with Crippen LogP contribution < -0.4 is 4.74 Å². The second kappa shape index (κ2) is 7.86. The summed E-state index contributed by atoms with van der Waals surface area (Å²) < 4.78 is 11.3. The van der Waals surface area contributed by atoms with E-state index in [0.29, 0.717) is 12.2 Å². The molecular weight excluding hydrogens is 332 g/mol. The third kappa shape index (κ3) is 3.72. The van der Waals surface area contributed by atoms with E-state index in [9.17, 15) is 4.79 Å². The number of nitrogens with one attached hydrogen (secondary N) is 1. The summed E-state index contributed by atoms with van der Waals surface area (Å²) in [5.41, 5.74) is 0.667. The summed E-state index contributed by atoms with van der Waals surface area (Å²) in [6.07, 6.45) is 6.84. The smallest absolute Gasteiger partial charge is 0.254 e. The Morgan fingerprint density at radius 3 is 2.85 bits per heavy atom. The fourth-order valence-electron chi connectivity index (χ4n) is 3.66. The van der Waals surface area contributed by atoms with Gasteiger partial charge < -0.3 is 14.4 Å². The van der Waals surface area contributed by atoms with Gasteiger partial charge in [0.2, 0.25) is 0 Å². The number of benzene rings is 1. The van der Waals surface area contributed by atoms with Crippen molar-refractivity contribution in [3.8, 4) is 5.75 Å². The molecule has 2 aliphatic rings. The summed E-state index contributed by atoms with van der Waals surface area (Å²) >= 11 is 0. The predicted molar refractivity (Wildman–Crippen MR) is 94.9 cm³/mol. The third-order valence-corrected chi connectivity index (χ3v) is 5.07. The average molecular weight is 356 g/mol. The van der Waals surface area contributed by atoms with Gasteiger partial charge in [-0.3, -0.25) is 9.89 Å². The van der Waals surface area contributed by atoms with Crippen molar-refractivity contribution in [2.45, 2.75) is 44.2 Å². The molecule has 0 saturated carbocycles. The number of hydrogen-bond donors (Lipinski definition) is 1. The number of rotatable bonds is 5. The summed E-state index contributed by atoms with van der Waals surface area (Å²) in [5.74, 6) is 1.55. The number of H-pyrrole nitrogens is 1. The number of hydrogen-bond acceptors (Lipinski definition) is 5. The molecule has 3 heterocycles. The van der Waals surface area contributed by atoms with Gasteiger partial charge >= 0.3 is 0 Å². The van der Waals surface area contributed by atoms with Crippen LogP contribution in [0.4, 0.5) is 0 Å². The van der Waals surface area contributed by atoms with E-state index >= 15 is 0 Å². The molecule has 2 fully saturated rings. The van der Waals surface area contributed by atoms with Gasteiger partial charge in [0, 0.05) is 18.7 Å². The predicted octanol–water partition coefficient (Wildman–Crippen LogP) is 2.73. The van der Waals surface area contributed by atoms with Crippen molar-refractivity contribution in [2.75, 3.05) is 19.8 Å². The molecule has 26 heavy (non-hydrogen) atoms. The van der Waals surface area contributed by atoms with Crippen LogP contribution in [-0.2, 0) is 4.74 Å². The maximum Gasteiger partial charge on any atom is 0.254 e. The summed E-state index contributed by atoms with van der Waals surface area (Å²) in [6.45, 7) is 2.12. The zero-order valence-electron chi connectivity index (χ0n) is 14.8. The molecule has 4 rings (SSSR count). The van der Waals surface area contributed by atoms with E-state index in [2.05, 4.69) is 15.2 Å². The highest BCUT2D eigenvalue weighted by Gasteiger charge is 2.30. The highest BCUT2D eigenvalue weighted by atomic mass is 16.5. The highest BCUT2D eigenvalue weighted by molar-refractivity contribution is 5.94. The molecule has 1 aromatic heterocycles. The van der Waals surface area contributed by atoms with Crippen LogP contribution >= 0.6 is 0 Å². The Hall–Kier alpha value is -2.41. The lowest BCUT2D eigenvalue weighted by molar-refractivity contribution is 0.0599. The number of carbonyl (C=O) groups is 1. The van der Waals surface area contributed by atoms with Gasteiger partial charge in [-0.05, 0) is 56.4 Å². The van der Waals surface area contributed by atoms with Crippen molar-refractivity contribution in [1.82, 2.24) is 20.1 Å². The molecule has 1 N–H and O–H groups in total. The first-order chi connectivity index (χ1) is 12.8. The molecular formula is C19H24N4O3.